The van der Waals surface area contributed by atoms with Crippen molar-refractivity contribution in [3.8, 4) is 0 Å². The molecule has 0 fully saturated rings. The molecule has 0 aromatic carbocycles. The summed E-state index contributed by atoms with van der Waals surface area (Å²) in [5.74, 6) is 0.991. The highest BCUT2D eigenvalue weighted by molar-refractivity contribution is 5.98. The van der Waals surface area contributed by atoms with Crippen LogP contribution in [0.25, 0.3) is 0 Å². The molecule has 0 bridgehead atoms. The molecule has 0 saturated heterocycles. The Labute approximate surface area is 62.7 Å². The summed E-state index contributed by atoms with van der Waals surface area (Å²) in [5.41, 5.74) is 1.11. The van der Waals surface area contributed by atoms with Crippen LogP contribution in [-0.2, 0) is 0 Å². The summed E-state index contributed by atoms with van der Waals surface area (Å²) in [6.07, 6.45) is 2.02. The van der Waals surface area contributed by atoms with Crippen LogP contribution in [0.2, 0.25) is 0 Å². The third kappa shape index (κ3) is 1.29. The Bertz CT molecular complexity index is 175. The van der Waals surface area contributed by atoms with Gasteiger partial charge in [-0.1, -0.05) is 6.08 Å². The second-order valence-corrected chi connectivity index (χ2v) is 2.07. The van der Waals surface area contributed by atoms with Gasteiger partial charge in [0, 0.05) is 7.97 Å². The van der Waals surface area contributed by atoms with Gasteiger partial charge in [0.05, 0.1) is 5.70 Å². The minimum Gasteiger partial charge on any atom is -0.369 e. The smallest absolute Gasteiger partial charge is 0.146 e. The number of allylic oxidation sites excluding steroid dienone is 1. The van der Waals surface area contributed by atoms with E-state index in [9.17, 15) is 0 Å². The molecule has 2 N–H and O–H groups in total. The molecule has 1 heterocycles. The van der Waals surface area contributed by atoms with Crippen LogP contribution in [0.4, 0.5) is 0 Å². The summed E-state index contributed by atoms with van der Waals surface area (Å²) in [6, 6.07) is 0. The highest BCUT2D eigenvalue weighted by Crippen LogP contribution is 1.97. The summed E-state index contributed by atoms with van der Waals surface area (Å²) < 4.78 is 0. The maximum absolute atomic E-state index is 4.20. The largest absolute Gasteiger partial charge is 0.369 e. The Morgan fingerprint density at radius 2 is 2.70 bits per heavy atom. The first-order chi connectivity index (χ1) is 4.88. The van der Waals surface area contributed by atoms with Crippen molar-refractivity contribution in [1.82, 2.24) is 10.6 Å². The Morgan fingerprint density at radius 1 is 1.90 bits per heavy atom. The molecule has 0 unspecified atom stereocenters. The standard InChI is InChI=1S/C7H13N3.H2/c1-3-6-7(8-4-2)10-5-9-6;/h3,9H,4-5H2,1-2H3,(H,8,10);1H/b6-3+;. The molecule has 10 heavy (non-hydrogen) atoms. The number of amidine groups is 1. The molecule has 0 spiro atoms. The normalized spacial score (nSPS) is 20.6. The fourth-order valence-corrected chi connectivity index (χ4v) is 0.930. The van der Waals surface area contributed by atoms with E-state index in [4.69, 9.17) is 0 Å². The van der Waals surface area contributed by atoms with E-state index in [0.29, 0.717) is 6.67 Å². The fraction of sp³-hybridized carbons (Fsp3) is 0.571. The highest BCUT2D eigenvalue weighted by Gasteiger charge is 2.08. The van der Waals surface area contributed by atoms with Gasteiger partial charge >= 0.3 is 0 Å². The zero-order valence-corrected chi connectivity index (χ0v) is 6.44. The lowest BCUT2D eigenvalue weighted by Gasteiger charge is -2.02. The van der Waals surface area contributed by atoms with E-state index in [-0.39, 0.29) is 1.43 Å². The molecule has 1 aliphatic rings. The first-order valence-electron chi connectivity index (χ1n) is 3.57. The number of hydrogen-bond acceptors (Lipinski definition) is 3. The van der Waals surface area contributed by atoms with E-state index in [1.165, 1.54) is 0 Å². The zero-order chi connectivity index (χ0) is 7.40. The average Bonchev–Trinajstić information content (AvgIpc) is 2.36. The van der Waals surface area contributed by atoms with Gasteiger partial charge in [-0.3, -0.25) is 0 Å². The van der Waals surface area contributed by atoms with Gasteiger partial charge in [-0.15, -0.1) is 0 Å². The summed E-state index contributed by atoms with van der Waals surface area (Å²) in [4.78, 5) is 4.20. The van der Waals surface area contributed by atoms with Crippen LogP contribution in [0, 0.1) is 0 Å². The van der Waals surface area contributed by atoms with Crippen molar-refractivity contribution in [2.24, 2.45) is 4.99 Å². The van der Waals surface area contributed by atoms with Gasteiger partial charge in [0.15, 0.2) is 0 Å². The van der Waals surface area contributed by atoms with Gasteiger partial charge in [-0.2, -0.15) is 0 Å². The van der Waals surface area contributed by atoms with Gasteiger partial charge in [0.1, 0.15) is 12.5 Å². The third-order valence-corrected chi connectivity index (χ3v) is 1.39. The number of likely N-dealkylation sites (N-methyl/N-ethyl adjacent to an activating group) is 1. The summed E-state index contributed by atoms with van der Waals surface area (Å²) in [7, 11) is 0. The third-order valence-electron chi connectivity index (χ3n) is 1.39. The molecule has 3 heteroatoms. The van der Waals surface area contributed by atoms with Crippen LogP contribution in [0.3, 0.4) is 0 Å². The molecule has 58 valence electrons. The molecule has 1 aliphatic heterocycles. The Morgan fingerprint density at radius 3 is 3.30 bits per heavy atom. The van der Waals surface area contributed by atoms with E-state index < -0.39 is 0 Å². The van der Waals surface area contributed by atoms with Crippen molar-refractivity contribution < 1.29 is 1.43 Å². The second-order valence-electron chi connectivity index (χ2n) is 2.07. The number of nitrogens with one attached hydrogen (secondary N) is 2. The lowest BCUT2D eigenvalue weighted by Crippen LogP contribution is -2.25. The maximum atomic E-state index is 4.20. The Kier molecular flexibility index (Phi) is 2.31. The molecule has 0 aromatic rings. The molecule has 1 rings (SSSR count). The van der Waals surface area contributed by atoms with E-state index in [1.807, 2.05) is 13.0 Å². The number of nitrogens with zero attached hydrogens (tertiary/aromatic N) is 1. The van der Waals surface area contributed by atoms with Crippen LogP contribution >= 0.6 is 0 Å². The van der Waals surface area contributed by atoms with Crippen LogP contribution in [0.5, 0.6) is 0 Å². The fourth-order valence-electron chi connectivity index (χ4n) is 0.930. The number of aliphatic imine (C=N–C) groups is 1. The van der Waals surface area contributed by atoms with Gasteiger partial charge in [-0.05, 0) is 13.8 Å². The monoisotopic (exact) mass is 141 g/mol. The van der Waals surface area contributed by atoms with Crippen molar-refractivity contribution in [3.05, 3.63) is 11.8 Å². The molecule has 0 radical (unpaired) electrons. The van der Waals surface area contributed by atoms with Crippen LogP contribution in [-0.4, -0.2) is 19.0 Å². The maximum Gasteiger partial charge on any atom is 0.146 e. The zero-order valence-electron chi connectivity index (χ0n) is 6.44. The quantitative estimate of drug-likeness (QED) is 0.564. The van der Waals surface area contributed by atoms with Crippen LogP contribution in [0.1, 0.15) is 15.3 Å². The summed E-state index contributed by atoms with van der Waals surface area (Å²) in [6.45, 7) is 5.70. The number of hydrogen-bond donors (Lipinski definition) is 2. The van der Waals surface area contributed by atoms with Crippen molar-refractivity contribution in [3.63, 3.8) is 0 Å². The van der Waals surface area contributed by atoms with Crippen molar-refractivity contribution in [2.75, 3.05) is 13.2 Å². The predicted molar refractivity (Wildman–Crippen MR) is 45.0 cm³/mol. The molecule has 3 nitrogen and oxygen atoms in total. The topological polar surface area (TPSA) is 36.4 Å². The van der Waals surface area contributed by atoms with Crippen molar-refractivity contribution in [2.45, 2.75) is 13.8 Å². The van der Waals surface area contributed by atoms with Crippen molar-refractivity contribution in [1.29, 1.82) is 0 Å². The van der Waals surface area contributed by atoms with Gasteiger partial charge < -0.3 is 10.6 Å². The van der Waals surface area contributed by atoms with Gasteiger partial charge in [0.2, 0.25) is 0 Å². The summed E-state index contributed by atoms with van der Waals surface area (Å²) in [5, 5.41) is 6.30. The predicted octanol–water partition coefficient (Wildman–Crippen LogP) is 0.705. The highest BCUT2D eigenvalue weighted by atomic mass is 15.2. The SMILES string of the molecule is C/C=C1/NCN=C1NCC.[HH]. The molecule has 0 aliphatic carbocycles. The lowest BCUT2D eigenvalue weighted by atomic mass is 10.4. The van der Waals surface area contributed by atoms with E-state index in [0.717, 1.165) is 18.1 Å². The summed E-state index contributed by atoms with van der Waals surface area (Å²) >= 11 is 0. The van der Waals surface area contributed by atoms with Gasteiger partial charge in [-0.25, -0.2) is 4.99 Å². The van der Waals surface area contributed by atoms with E-state index >= 15 is 0 Å². The van der Waals surface area contributed by atoms with Crippen LogP contribution in [0.15, 0.2) is 16.8 Å². The second kappa shape index (κ2) is 3.25. The van der Waals surface area contributed by atoms with Crippen LogP contribution < -0.4 is 10.6 Å². The van der Waals surface area contributed by atoms with Crippen molar-refractivity contribution >= 4 is 5.84 Å². The average molecular weight is 141 g/mol. The lowest BCUT2D eigenvalue weighted by molar-refractivity contribution is 0.907. The molecule has 0 amide bonds. The molecule has 0 atom stereocenters. The molecular weight excluding hydrogens is 126 g/mol. The first-order valence-corrected chi connectivity index (χ1v) is 3.57. The van der Waals surface area contributed by atoms with E-state index in [2.05, 4.69) is 22.5 Å². The first kappa shape index (κ1) is 7.12. The Hall–Kier alpha value is -0.990. The van der Waals surface area contributed by atoms with Gasteiger partial charge in [0.25, 0.3) is 0 Å². The van der Waals surface area contributed by atoms with E-state index in [1.54, 1.807) is 0 Å². The molecular formula is C7H15N3. The minimum atomic E-state index is 0. The minimum absolute atomic E-state index is 0. The number of rotatable bonds is 1. The Balaban J connectivity index is 0.000001000. The molecule has 0 saturated carbocycles. The molecule has 0 aromatic heterocycles.